The van der Waals surface area contributed by atoms with Gasteiger partial charge in [-0.2, -0.15) is 0 Å². The van der Waals surface area contributed by atoms with Crippen molar-refractivity contribution < 1.29 is 4.74 Å². The summed E-state index contributed by atoms with van der Waals surface area (Å²) < 4.78 is 8.19. The maximum atomic E-state index is 12.6. The molecular formula is C16H21N3O3. The van der Waals surface area contributed by atoms with Gasteiger partial charge in [0, 0.05) is 26.9 Å². The third-order valence-corrected chi connectivity index (χ3v) is 4.67. The molecule has 22 heavy (non-hydrogen) atoms. The smallest absolute Gasteiger partial charge is 0.332 e. The monoisotopic (exact) mass is 303 g/mol. The minimum atomic E-state index is -0.287. The molecule has 1 saturated carbocycles. The number of pyridine rings is 1. The van der Waals surface area contributed by atoms with E-state index in [2.05, 4.69) is 4.98 Å². The minimum absolute atomic E-state index is 0.236. The summed E-state index contributed by atoms with van der Waals surface area (Å²) in [5, 5.41) is 0.496. The van der Waals surface area contributed by atoms with Crippen molar-refractivity contribution in [1.82, 2.24) is 14.1 Å². The van der Waals surface area contributed by atoms with E-state index in [4.69, 9.17) is 4.74 Å². The zero-order valence-corrected chi connectivity index (χ0v) is 13.0. The summed E-state index contributed by atoms with van der Waals surface area (Å²) in [4.78, 5) is 29.2. The van der Waals surface area contributed by atoms with Crippen LogP contribution < -0.4 is 11.2 Å². The van der Waals surface area contributed by atoms with Gasteiger partial charge in [-0.1, -0.05) is 0 Å². The Hall–Kier alpha value is -1.95. The molecule has 0 aromatic carbocycles. The Morgan fingerprint density at radius 1 is 1.27 bits per heavy atom. The predicted molar refractivity (Wildman–Crippen MR) is 84.0 cm³/mol. The van der Waals surface area contributed by atoms with Gasteiger partial charge >= 0.3 is 5.69 Å². The molecule has 2 heterocycles. The molecule has 118 valence electrons. The first-order valence-corrected chi connectivity index (χ1v) is 7.69. The Labute approximate surface area is 128 Å². The van der Waals surface area contributed by atoms with Crippen molar-refractivity contribution in [1.29, 1.82) is 0 Å². The van der Waals surface area contributed by atoms with Crippen molar-refractivity contribution in [3.8, 4) is 0 Å². The molecule has 0 radical (unpaired) electrons. The summed E-state index contributed by atoms with van der Waals surface area (Å²) in [5.74, 6) is 0.353. The van der Waals surface area contributed by atoms with Crippen molar-refractivity contribution in [3.63, 3.8) is 0 Å². The van der Waals surface area contributed by atoms with Crippen molar-refractivity contribution in [2.45, 2.75) is 38.3 Å². The number of nitrogens with zero attached hydrogens (tertiary/aromatic N) is 3. The lowest BCUT2D eigenvalue weighted by Gasteiger charge is -2.27. The normalized spacial score (nSPS) is 22.1. The number of methoxy groups -OCH3 is 1. The summed E-state index contributed by atoms with van der Waals surface area (Å²) in [6, 6.07) is 3.45. The second-order valence-electron chi connectivity index (χ2n) is 6.01. The molecule has 0 bridgehead atoms. The van der Waals surface area contributed by atoms with Crippen LogP contribution in [0.2, 0.25) is 0 Å². The van der Waals surface area contributed by atoms with E-state index in [-0.39, 0.29) is 11.2 Å². The molecule has 1 aliphatic rings. The lowest BCUT2D eigenvalue weighted by molar-refractivity contribution is 0.0538. The molecule has 6 nitrogen and oxygen atoms in total. The molecule has 0 atom stereocenters. The van der Waals surface area contributed by atoms with Gasteiger partial charge in [0.15, 0.2) is 0 Å². The number of ether oxygens (including phenoxy) is 1. The van der Waals surface area contributed by atoms with Gasteiger partial charge in [0.25, 0.3) is 5.56 Å². The van der Waals surface area contributed by atoms with Crippen LogP contribution in [0.25, 0.3) is 11.0 Å². The van der Waals surface area contributed by atoms with Crippen LogP contribution in [0.5, 0.6) is 0 Å². The molecule has 0 unspecified atom stereocenters. The Balaban J connectivity index is 1.95. The first-order valence-electron chi connectivity index (χ1n) is 7.69. The van der Waals surface area contributed by atoms with Gasteiger partial charge in [-0.05, 0) is 43.7 Å². The molecule has 1 aliphatic carbocycles. The largest absolute Gasteiger partial charge is 0.381 e. The number of hydrogen-bond donors (Lipinski definition) is 0. The quantitative estimate of drug-likeness (QED) is 0.857. The van der Waals surface area contributed by atoms with Crippen molar-refractivity contribution in [2.24, 2.45) is 13.0 Å². The van der Waals surface area contributed by atoms with E-state index in [1.54, 1.807) is 32.5 Å². The van der Waals surface area contributed by atoms with Crippen molar-refractivity contribution in [2.75, 3.05) is 7.11 Å². The Morgan fingerprint density at radius 2 is 2.00 bits per heavy atom. The number of aromatic nitrogens is 3. The number of fused-ring (bicyclic) bond motifs is 1. The lowest BCUT2D eigenvalue weighted by Crippen LogP contribution is -2.41. The molecule has 0 amide bonds. The van der Waals surface area contributed by atoms with Gasteiger partial charge in [0.1, 0.15) is 5.65 Å². The molecule has 2 aromatic heterocycles. The average Bonchev–Trinajstić information content (AvgIpc) is 2.57. The lowest BCUT2D eigenvalue weighted by atomic mass is 9.87. The molecule has 0 aliphatic heterocycles. The highest BCUT2D eigenvalue weighted by Gasteiger charge is 2.23. The van der Waals surface area contributed by atoms with Gasteiger partial charge in [0.05, 0.1) is 11.5 Å². The van der Waals surface area contributed by atoms with Crippen LogP contribution in [0, 0.1) is 5.92 Å². The van der Waals surface area contributed by atoms with Crippen LogP contribution in [0.4, 0.5) is 0 Å². The van der Waals surface area contributed by atoms with Gasteiger partial charge in [-0.15, -0.1) is 0 Å². The summed E-state index contributed by atoms with van der Waals surface area (Å²) in [7, 11) is 3.40. The zero-order valence-electron chi connectivity index (χ0n) is 13.0. The molecule has 0 spiro atoms. The summed E-state index contributed by atoms with van der Waals surface area (Å²) in [5.41, 5.74) is -0.0815. The van der Waals surface area contributed by atoms with Crippen molar-refractivity contribution >= 4 is 11.0 Å². The molecule has 2 aromatic rings. The van der Waals surface area contributed by atoms with Gasteiger partial charge < -0.3 is 4.74 Å². The van der Waals surface area contributed by atoms with E-state index in [1.807, 2.05) is 0 Å². The summed E-state index contributed by atoms with van der Waals surface area (Å²) in [6.07, 6.45) is 5.86. The van der Waals surface area contributed by atoms with E-state index < -0.39 is 0 Å². The SMILES string of the molecule is COC1CCC(Cn2c(=O)c3cccnc3n(C)c2=O)CC1. The molecule has 1 fully saturated rings. The van der Waals surface area contributed by atoms with Gasteiger partial charge in [-0.25, -0.2) is 9.78 Å². The van der Waals surface area contributed by atoms with E-state index in [0.717, 1.165) is 25.7 Å². The zero-order chi connectivity index (χ0) is 15.7. The fourth-order valence-corrected chi connectivity index (χ4v) is 3.30. The first kappa shape index (κ1) is 15.0. The van der Waals surface area contributed by atoms with Crippen LogP contribution >= 0.6 is 0 Å². The molecule has 0 N–H and O–H groups in total. The molecular weight excluding hydrogens is 282 g/mol. The Morgan fingerprint density at radius 3 is 2.68 bits per heavy atom. The summed E-state index contributed by atoms with van der Waals surface area (Å²) in [6.45, 7) is 0.479. The Kier molecular flexibility index (Phi) is 4.11. The first-order chi connectivity index (χ1) is 10.6. The minimum Gasteiger partial charge on any atom is -0.381 e. The highest BCUT2D eigenvalue weighted by Crippen LogP contribution is 2.26. The highest BCUT2D eigenvalue weighted by atomic mass is 16.5. The van der Waals surface area contributed by atoms with E-state index in [1.165, 1.54) is 9.13 Å². The fourth-order valence-electron chi connectivity index (χ4n) is 3.30. The topological polar surface area (TPSA) is 66.1 Å². The maximum absolute atomic E-state index is 12.6. The molecule has 3 rings (SSSR count). The second-order valence-corrected chi connectivity index (χ2v) is 6.01. The van der Waals surface area contributed by atoms with E-state index >= 15 is 0 Å². The second kappa shape index (κ2) is 6.04. The third kappa shape index (κ3) is 2.59. The van der Waals surface area contributed by atoms with Gasteiger partial charge in [-0.3, -0.25) is 13.9 Å². The number of aryl methyl sites for hydroxylation is 1. The average molecular weight is 303 g/mol. The molecule has 0 saturated heterocycles. The van der Waals surface area contributed by atoms with Crippen LogP contribution in [-0.2, 0) is 18.3 Å². The van der Waals surface area contributed by atoms with Crippen molar-refractivity contribution in [3.05, 3.63) is 39.2 Å². The maximum Gasteiger partial charge on any atom is 0.332 e. The fraction of sp³-hybridized carbons (Fsp3) is 0.562. The number of rotatable bonds is 3. The van der Waals surface area contributed by atoms with Crippen LogP contribution in [0.1, 0.15) is 25.7 Å². The molecule has 6 heteroatoms. The Bertz CT molecular complexity index is 785. The van der Waals surface area contributed by atoms with E-state index in [9.17, 15) is 9.59 Å². The number of hydrogen-bond acceptors (Lipinski definition) is 4. The van der Waals surface area contributed by atoms with Crippen LogP contribution in [0.15, 0.2) is 27.9 Å². The third-order valence-electron chi connectivity index (χ3n) is 4.67. The summed E-state index contributed by atoms with van der Waals surface area (Å²) >= 11 is 0. The van der Waals surface area contributed by atoms with Gasteiger partial charge in [0.2, 0.25) is 0 Å². The standard InChI is InChI=1S/C16H21N3O3/c1-18-14-13(4-3-9-17-14)15(20)19(16(18)21)10-11-5-7-12(22-2)8-6-11/h3-4,9,11-12H,5-8,10H2,1-2H3. The van der Waals surface area contributed by atoms with E-state index in [0.29, 0.717) is 29.6 Å². The highest BCUT2D eigenvalue weighted by molar-refractivity contribution is 5.73. The van der Waals surface area contributed by atoms with Crippen LogP contribution in [0.3, 0.4) is 0 Å². The predicted octanol–water partition coefficient (Wildman–Crippen LogP) is 1.30. The van der Waals surface area contributed by atoms with Crippen LogP contribution in [-0.4, -0.2) is 27.3 Å².